The average Bonchev–Trinajstić information content (AvgIpc) is 3.33. The summed E-state index contributed by atoms with van der Waals surface area (Å²) in [5, 5.41) is 4.83. The molecule has 0 heterocycles. The van der Waals surface area contributed by atoms with Gasteiger partial charge in [0.1, 0.15) is 31.3 Å². The molecule has 0 aliphatic heterocycles. The first kappa shape index (κ1) is 51.3. The van der Waals surface area contributed by atoms with Gasteiger partial charge >= 0.3 is 19.8 Å². The fourth-order valence-electron chi connectivity index (χ4n) is 7.25. The number of hydrogen-bond donors (Lipinski definition) is 1. The van der Waals surface area contributed by atoms with Gasteiger partial charge in [0, 0.05) is 12.8 Å². The van der Waals surface area contributed by atoms with E-state index < -0.39 is 32.5 Å². The van der Waals surface area contributed by atoms with Crippen LogP contribution in [-0.4, -0.2) is 88.1 Å². The quantitative estimate of drug-likeness (QED) is 0.0167. The van der Waals surface area contributed by atoms with Crippen molar-refractivity contribution >= 4 is 65.6 Å². The van der Waals surface area contributed by atoms with Crippen LogP contribution in [0.15, 0.2) is 133 Å². The Bertz CT molecular complexity index is 2610. The molecule has 0 fully saturated rings. The molecule has 1 unspecified atom stereocenters. The molecule has 11 nitrogen and oxygen atoms in total. The minimum Gasteiger partial charge on any atom is -0.494 e. The Labute approximate surface area is 401 Å². The van der Waals surface area contributed by atoms with Crippen LogP contribution in [0.1, 0.15) is 73.6 Å². The number of rotatable bonds is 28. The molecular formula is C56H65NO10P+. The second-order valence-corrected chi connectivity index (χ2v) is 19.1. The van der Waals surface area contributed by atoms with E-state index in [-0.39, 0.29) is 26.1 Å². The predicted octanol–water partition coefficient (Wildman–Crippen LogP) is 12.2. The van der Waals surface area contributed by atoms with Crippen molar-refractivity contribution < 1.29 is 51.5 Å². The van der Waals surface area contributed by atoms with Crippen molar-refractivity contribution in [2.45, 2.75) is 57.5 Å². The van der Waals surface area contributed by atoms with Crippen molar-refractivity contribution in [3.05, 3.63) is 156 Å². The van der Waals surface area contributed by atoms with E-state index in [1.54, 1.807) is 0 Å². The molecule has 2 atom stereocenters. The van der Waals surface area contributed by atoms with E-state index in [0.717, 1.165) is 53.0 Å². The molecule has 358 valence electrons. The Morgan fingerprint density at radius 3 is 1.54 bits per heavy atom. The third-order valence-corrected chi connectivity index (χ3v) is 12.1. The molecule has 0 aromatic heterocycles. The second kappa shape index (κ2) is 26.5. The maximum atomic E-state index is 12.9. The summed E-state index contributed by atoms with van der Waals surface area (Å²) in [5.41, 5.74) is 4.46. The van der Waals surface area contributed by atoms with Crippen LogP contribution in [0.5, 0.6) is 11.5 Å². The molecule has 68 heavy (non-hydrogen) atoms. The SMILES string of the molecule is C[N+](C)(C)CCOP(=O)(O)OC[C@@H](COC(=O)CCCCCOc1ccc(/C=C/c2cccc3ccccc23)cc1)OC(=O)CCCCCOc1ccc(/C=C/c2cccc3ccccc23)cc1. The fourth-order valence-corrected chi connectivity index (χ4v) is 8.00. The third kappa shape index (κ3) is 18.2. The molecule has 0 aliphatic carbocycles. The number of carbonyl (C=O) groups excluding carboxylic acids is 2. The molecule has 1 N–H and O–H groups in total. The normalized spacial score (nSPS) is 13.2. The van der Waals surface area contributed by atoms with Gasteiger partial charge in [-0.25, -0.2) is 4.57 Å². The average molecular weight is 943 g/mol. The fraction of sp³-hybridized carbons (Fsp3) is 0.321. The first-order chi connectivity index (χ1) is 32.9. The Morgan fingerprint density at radius 2 is 1.03 bits per heavy atom. The van der Waals surface area contributed by atoms with E-state index in [4.69, 9.17) is 28.0 Å². The van der Waals surface area contributed by atoms with Gasteiger partial charge in [-0.05, 0) is 107 Å². The lowest BCUT2D eigenvalue weighted by molar-refractivity contribution is -0.870. The Hall–Kier alpha value is -6.07. The summed E-state index contributed by atoms with van der Waals surface area (Å²) in [4.78, 5) is 35.9. The summed E-state index contributed by atoms with van der Waals surface area (Å²) in [5.74, 6) is 0.528. The minimum absolute atomic E-state index is 0.0161. The molecule has 12 heteroatoms. The topological polar surface area (TPSA) is 127 Å². The highest BCUT2D eigenvalue weighted by atomic mass is 31.2. The van der Waals surface area contributed by atoms with Crippen LogP contribution in [0.3, 0.4) is 0 Å². The lowest BCUT2D eigenvalue weighted by atomic mass is 10.0. The third-order valence-electron chi connectivity index (χ3n) is 11.1. The second-order valence-electron chi connectivity index (χ2n) is 17.7. The maximum absolute atomic E-state index is 12.9. The van der Waals surface area contributed by atoms with Gasteiger partial charge in [-0.3, -0.25) is 18.6 Å². The number of esters is 2. The van der Waals surface area contributed by atoms with Crippen LogP contribution in [0.4, 0.5) is 0 Å². The number of quaternary nitrogens is 1. The first-order valence-electron chi connectivity index (χ1n) is 23.4. The standard InChI is InChI=1S/C56H64NO10P/c1-57(2,3)38-41-65-68(60,61)66-43-52(67-56(59)25-7-5-13-40-63-51-36-30-45(31-37-51)27-33-49-21-15-19-47-17-9-11-23-54(47)49)42-64-55(58)24-6-4-12-39-62-50-34-28-44(29-35-50)26-32-48-20-14-18-46-16-8-10-22-53(46)48/h8-11,14-23,26-37,52H,4-7,12-13,24-25,38-43H2,1-3H3/p+1/b32-26+,33-27+/t52-/m1/s1. The summed E-state index contributed by atoms with van der Waals surface area (Å²) in [7, 11) is 1.32. The molecule has 6 aromatic carbocycles. The summed E-state index contributed by atoms with van der Waals surface area (Å²) < 4.78 is 46.3. The summed E-state index contributed by atoms with van der Waals surface area (Å²) in [6.07, 6.45) is 11.6. The molecule has 0 radical (unpaired) electrons. The zero-order chi connectivity index (χ0) is 48.0. The number of carbonyl (C=O) groups is 2. The van der Waals surface area contributed by atoms with Gasteiger partial charge in [-0.1, -0.05) is 133 Å². The van der Waals surface area contributed by atoms with Crippen molar-refractivity contribution in [1.29, 1.82) is 0 Å². The number of likely N-dealkylation sites (N-methyl/N-ethyl adjacent to an activating group) is 1. The molecule has 0 aliphatic rings. The smallest absolute Gasteiger partial charge is 0.472 e. The van der Waals surface area contributed by atoms with Gasteiger partial charge in [-0.2, -0.15) is 0 Å². The lowest BCUT2D eigenvalue weighted by Crippen LogP contribution is -2.37. The number of nitrogens with zero attached hydrogens (tertiary/aromatic N) is 1. The highest BCUT2D eigenvalue weighted by Crippen LogP contribution is 2.43. The van der Waals surface area contributed by atoms with Crippen molar-refractivity contribution in [1.82, 2.24) is 0 Å². The zero-order valence-electron chi connectivity index (χ0n) is 39.5. The van der Waals surface area contributed by atoms with Gasteiger partial charge in [-0.15, -0.1) is 0 Å². The molecule has 0 bridgehead atoms. The predicted molar refractivity (Wildman–Crippen MR) is 272 cm³/mol. The van der Waals surface area contributed by atoms with Gasteiger partial charge < -0.3 is 28.3 Å². The number of phosphoric ester groups is 1. The number of unbranched alkanes of at least 4 members (excludes halogenated alkanes) is 4. The number of benzene rings is 6. The Balaban J connectivity index is 0.866. The number of phosphoric acid groups is 1. The largest absolute Gasteiger partial charge is 0.494 e. The number of hydrogen-bond acceptors (Lipinski definition) is 9. The Morgan fingerprint density at radius 1 is 0.544 bits per heavy atom. The van der Waals surface area contributed by atoms with E-state index >= 15 is 0 Å². The van der Waals surface area contributed by atoms with Gasteiger partial charge in [0.2, 0.25) is 0 Å². The van der Waals surface area contributed by atoms with Crippen molar-refractivity contribution in [2.24, 2.45) is 0 Å². The van der Waals surface area contributed by atoms with Crippen molar-refractivity contribution in [3.63, 3.8) is 0 Å². The summed E-state index contributed by atoms with van der Waals surface area (Å²) in [6.45, 7) is 0.627. The van der Waals surface area contributed by atoms with Gasteiger partial charge in [0.25, 0.3) is 0 Å². The monoisotopic (exact) mass is 942 g/mol. The van der Waals surface area contributed by atoms with Gasteiger partial charge in [0.15, 0.2) is 6.10 Å². The molecule has 0 spiro atoms. The molecule has 6 rings (SSSR count). The van der Waals surface area contributed by atoms with Crippen molar-refractivity contribution in [2.75, 3.05) is 60.7 Å². The maximum Gasteiger partial charge on any atom is 0.472 e. The molecule has 6 aromatic rings. The molecule has 0 saturated heterocycles. The van der Waals surface area contributed by atoms with Crippen LogP contribution in [0, 0.1) is 0 Å². The highest BCUT2D eigenvalue weighted by molar-refractivity contribution is 7.47. The molecular weight excluding hydrogens is 878 g/mol. The van der Waals surface area contributed by atoms with Crippen LogP contribution in [0.2, 0.25) is 0 Å². The van der Waals surface area contributed by atoms with E-state index in [2.05, 4.69) is 85.0 Å². The van der Waals surface area contributed by atoms with Gasteiger partial charge in [0.05, 0.1) is 41.0 Å². The van der Waals surface area contributed by atoms with Crippen LogP contribution >= 0.6 is 7.82 Å². The highest BCUT2D eigenvalue weighted by Gasteiger charge is 2.27. The van der Waals surface area contributed by atoms with Crippen LogP contribution in [-0.2, 0) is 32.7 Å². The number of fused-ring (bicyclic) bond motifs is 2. The lowest BCUT2D eigenvalue weighted by Gasteiger charge is -2.24. The molecule has 0 saturated carbocycles. The number of ether oxygens (including phenoxy) is 4. The van der Waals surface area contributed by atoms with Crippen LogP contribution < -0.4 is 9.47 Å². The first-order valence-corrected chi connectivity index (χ1v) is 24.9. The summed E-state index contributed by atoms with van der Waals surface area (Å²) in [6, 6.07) is 45.1. The van der Waals surface area contributed by atoms with E-state index in [1.165, 1.54) is 21.5 Å². The van der Waals surface area contributed by atoms with E-state index in [1.807, 2.05) is 93.9 Å². The zero-order valence-corrected chi connectivity index (χ0v) is 40.4. The van der Waals surface area contributed by atoms with Crippen LogP contribution in [0.25, 0.3) is 45.8 Å². The van der Waals surface area contributed by atoms with E-state index in [0.29, 0.717) is 43.5 Å². The molecule has 0 amide bonds. The Kier molecular flexibility index (Phi) is 20.0. The van der Waals surface area contributed by atoms with Crippen molar-refractivity contribution in [3.8, 4) is 11.5 Å². The van der Waals surface area contributed by atoms with E-state index in [9.17, 15) is 19.0 Å². The minimum atomic E-state index is -4.46. The summed E-state index contributed by atoms with van der Waals surface area (Å²) >= 11 is 0.